The van der Waals surface area contributed by atoms with Crippen LogP contribution >= 0.6 is 0 Å². The van der Waals surface area contributed by atoms with Crippen molar-refractivity contribution in [2.75, 3.05) is 0 Å². The Kier molecular flexibility index (Phi) is 7.29. The maximum absolute atomic E-state index is 15.3. The molecule has 0 aliphatic heterocycles. The van der Waals surface area contributed by atoms with E-state index in [0.29, 0.717) is 0 Å². The summed E-state index contributed by atoms with van der Waals surface area (Å²) in [5, 5.41) is 0. The van der Waals surface area contributed by atoms with Gasteiger partial charge in [-0.15, -0.1) is 0 Å². The molecule has 0 bridgehead atoms. The van der Waals surface area contributed by atoms with Gasteiger partial charge < -0.3 is 0 Å². The molecule has 0 fully saturated rings. The minimum absolute atomic E-state index is 0.621. The molecule has 4 aromatic carbocycles. The van der Waals surface area contributed by atoms with Crippen molar-refractivity contribution in [3.05, 3.63) is 117 Å². The van der Waals surface area contributed by atoms with Gasteiger partial charge in [0.15, 0.2) is 69.8 Å². The third kappa shape index (κ3) is 4.11. The fraction of sp³-hybridized carbons (Fsp3) is 0. The van der Waals surface area contributed by atoms with Crippen LogP contribution < -0.4 is 21.9 Å². The molecule has 0 saturated heterocycles. The summed E-state index contributed by atoms with van der Waals surface area (Å²) >= 11 is 0. The van der Waals surface area contributed by atoms with Crippen molar-refractivity contribution in [2.24, 2.45) is 0 Å². The van der Waals surface area contributed by atoms with Crippen LogP contribution in [0.15, 0.2) is 24.3 Å². The number of hydrogen-bond acceptors (Lipinski definition) is 0. The zero-order valence-corrected chi connectivity index (χ0v) is 18.9. The number of rotatable bonds is 4. The minimum Gasteiger partial charge on any atom is -0.207 e. The van der Waals surface area contributed by atoms with Crippen LogP contribution in [0.25, 0.3) is 0 Å². The van der Waals surface area contributed by atoms with E-state index in [-0.39, 0.29) is 0 Å². The Morgan fingerprint density at radius 3 is 0.585 bits per heavy atom. The van der Waals surface area contributed by atoms with Crippen LogP contribution in [0.3, 0.4) is 0 Å². The molecule has 0 N–H and O–H groups in total. The summed E-state index contributed by atoms with van der Waals surface area (Å²) in [5.74, 6) is -44.3. The Morgan fingerprint density at radius 1 is 0.244 bits per heavy atom. The molecule has 0 nitrogen and oxygen atoms in total. The minimum atomic E-state index is -5.62. The van der Waals surface area contributed by atoms with E-state index in [9.17, 15) is 52.7 Å². The highest BCUT2D eigenvalue weighted by atomic mass is 19.2. The van der Waals surface area contributed by atoms with Gasteiger partial charge in [0.25, 0.3) is 0 Å². The van der Waals surface area contributed by atoms with Crippen molar-refractivity contribution in [3.8, 4) is 0 Å². The average Bonchev–Trinajstić information content (AvgIpc) is 2.94. The van der Waals surface area contributed by atoms with Gasteiger partial charge in [-0.3, -0.25) is 0 Å². The van der Waals surface area contributed by atoms with E-state index in [2.05, 4.69) is 0 Å². The largest absolute Gasteiger partial charge is 0.207 e. The number of halogens is 16. The standard InChI is InChI=1S/C24H4BF16/c26-9-1-5(13(30)21(38)17(9)34)25(6-2-10(27)18(35)22(39)14(6)31,7-3-11(28)19(36)23(40)15(7)32)8-4-12(29)20(37)24(41)16(8)33/h1-4H/q-1. The van der Waals surface area contributed by atoms with Gasteiger partial charge in [-0.1, -0.05) is 24.3 Å². The molecule has 0 spiro atoms. The zero-order chi connectivity index (χ0) is 30.9. The fourth-order valence-electron chi connectivity index (χ4n) is 4.63. The SMILES string of the molecule is Fc1cc([B-](c2cc(F)c(F)c(F)c2F)(c2cc(F)c(F)c(F)c2F)c2cc(F)c(F)c(F)c2F)c(F)c(F)c1F. The molecule has 0 aliphatic carbocycles. The van der Waals surface area contributed by atoms with E-state index in [0.717, 1.165) is 0 Å². The van der Waals surface area contributed by atoms with Crippen molar-refractivity contribution in [1.29, 1.82) is 0 Å². The van der Waals surface area contributed by atoms with Crippen LogP contribution in [0.4, 0.5) is 70.2 Å². The van der Waals surface area contributed by atoms with Gasteiger partial charge in [0, 0.05) is 0 Å². The first-order chi connectivity index (χ1) is 19.0. The van der Waals surface area contributed by atoms with E-state index in [1.165, 1.54) is 0 Å². The second kappa shape index (κ2) is 10.0. The van der Waals surface area contributed by atoms with Crippen LogP contribution in [-0.4, -0.2) is 6.15 Å². The molecule has 0 radical (unpaired) electrons. The van der Waals surface area contributed by atoms with E-state index in [1.807, 2.05) is 0 Å². The Morgan fingerprint density at radius 2 is 0.415 bits per heavy atom. The molecule has 17 heteroatoms. The first-order valence-electron chi connectivity index (χ1n) is 10.5. The maximum atomic E-state index is 15.3. The van der Waals surface area contributed by atoms with Gasteiger partial charge in [-0.05, 0) is 0 Å². The highest BCUT2D eigenvalue weighted by molar-refractivity contribution is 7.20. The van der Waals surface area contributed by atoms with Crippen molar-refractivity contribution in [3.63, 3.8) is 0 Å². The molecule has 0 atom stereocenters. The summed E-state index contributed by atoms with van der Waals surface area (Å²) < 4.78 is 232. The van der Waals surface area contributed by atoms with Gasteiger partial charge in [0.1, 0.15) is 29.4 Å². The van der Waals surface area contributed by atoms with E-state index in [1.54, 1.807) is 0 Å². The summed E-state index contributed by atoms with van der Waals surface area (Å²) in [6.45, 7) is 0. The van der Waals surface area contributed by atoms with Crippen LogP contribution in [0.5, 0.6) is 0 Å². The lowest BCUT2D eigenvalue weighted by molar-refractivity contribution is 0.408. The highest BCUT2D eigenvalue weighted by Crippen LogP contribution is 2.26. The maximum Gasteiger partial charge on any atom is 0.197 e. The summed E-state index contributed by atoms with van der Waals surface area (Å²) in [4.78, 5) is 0. The molecule has 4 aromatic rings. The molecular weight excluding hydrogens is 603 g/mol. The van der Waals surface area contributed by atoms with Gasteiger partial charge in [-0.25, -0.2) is 70.2 Å². The Bertz CT molecular complexity index is 1510. The van der Waals surface area contributed by atoms with Crippen molar-refractivity contribution < 1.29 is 70.2 Å². The molecule has 216 valence electrons. The van der Waals surface area contributed by atoms with Crippen LogP contribution in [0.2, 0.25) is 0 Å². The molecule has 0 unspecified atom stereocenters. The predicted molar refractivity (Wildman–Crippen MR) is 109 cm³/mol. The summed E-state index contributed by atoms with van der Waals surface area (Å²) in [5.41, 5.74) is -9.06. The Hall–Kier alpha value is -4.18. The topological polar surface area (TPSA) is 0 Å². The second-order valence-corrected chi connectivity index (χ2v) is 8.42. The molecule has 0 heterocycles. The molecule has 0 saturated carbocycles. The zero-order valence-electron chi connectivity index (χ0n) is 18.9. The molecule has 0 amide bonds. The molecule has 4 rings (SSSR count). The Balaban J connectivity index is 2.51. The second-order valence-electron chi connectivity index (χ2n) is 8.42. The van der Waals surface area contributed by atoms with Crippen molar-refractivity contribution >= 4 is 28.0 Å². The summed E-state index contributed by atoms with van der Waals surface area (Å²) in [6.07, 6.45) is -5.62. The van der Waals surface area contributed by atoms with Crippen molar-refractivity contribution in [1.82, 2.24) is 0 Å². The number of benzene rings is 4. The fourth-order valence-corrected chi connectivity index (χ4v) is 4.63. The lowest BCUT2D eigenvalue weighted by Gasteiger charge is -2.44. The summed E-state index contributed by atoms with van der Waals surface area (Å²) in [7, 11) is 0. The van der Waals surface area contributed by atoms with E-state index in [4.69, 9.17) is 0 Å². The third-order valence-electron chi connectivity index (χ3n) is 6.39. The molecule has 0 aliphatic rings. The van der Waals surface area contributed by atoms with Gasteiger partial charge >= 0.3 is 0 Å². The van der Waals surface area contributed by atoms with Crippen LogP contribution in [0, 0.1) is 93.1 Å². The predicted octanol–water partition coefficient (Wildman–Crippen LogP) is 5.29. The van der Waals surface area contributed by atoms with Crippen LogP contribution in [0.1, 0.15) is 0 Å². The smallest absolute Gasteiger partial charge is 0.197 e. The average molecular weight is 607 g/mol. The van der Waals surface area contributed by atoms with Crippen LogP contribution in [-0.2, 0) is 0 Å². The first-order valence-corrected chi connectivity index (χ1v) is 10.5. The lowest BCUT2D eigenvalue weighted by Crippen LogP contribution is -2.78. The molecule has 0 aromatic heterocycles. The number of hydrogen-bond donors (Lipinski definition) is 0. The quantitative estimate of drug-likeness (QED) is 0.128. The van der Waals surface area contributed by atoms with Gasteiger partial charge in [0.2, 0.25) is 0 Å². The van der Waals surface area contributed by atoms with E-state index < -0.39 is 145 Å². The molecule has 41 heavy (non-hydrogen) atoms. The van der Waals surface area contributed by atoms with Crippen molar-refractivity contribution in [2.45, 2.75) is 0 Å². The lowest BCUT2D eigenvalue weighted by atomic mass is 9.12. The molecular formula is C24H4BF16-. The first kappa shape index (κ1) is 29.8. The normalized spacial score (nSPS) is 11.9. The highest BCUT2D eigenvalue weighted by Gasteiger charge is 2.45. The third-order valence-corrected chi connectivity index (χ3v) is 6.39. The van der Waals surface area contributed by atoms with E-state index >= 15 is 17.6 Å². The van der Waals surface area contributed by atoms with Gasteiger partial charge in [0.05, 0.1) is 0 Å². The monoisotopic (exact) mass is 607 g/mol. The Labute approximate surface area is 216 Å². The van der Waals surface area contributed by atoms with Gasteiger partial charge in [-0.2, -0.15) is 21.9 Å². The summed E-state index contributed by atoms with van der Waals surface area (Å²) in [6, 6.07) is -2.49.